The third-order valence-corrected chi connectivity index (χ3v) is 2.82. The first-order chi connectivity index (χ1) is 6.74. The Morgan fingerprint density at radius 3 is 2.86 bits per heavy atom. The number of carboxylic acid groups (broad SMARTS) is 1. The zero-order valence-electron chi connectivity index (χ0n) is 8.48. The summed E-state index contributed by atoms with van der Waals surface area (Å²) in [4.78, 5) is 12.6. The Balaban J connectivity index is 2.33. The zero-order valence-corrected chi connectivity index (χ0v) is 8.48. The topological polar surface area (TPSA) is 60.8 Å². The van der Waals surface area contributed by atoms with Crippen LogP contribution in [0.2, 0.25) is 0 Å². The molecule has 0 aromatic carbocycles. The predicted molar refractivity (Wildman–Crippen MR) is 53.2 cm³/mol. The van der Waals surface area contributed by atoms with Gasteiger partial charge in [0.15, 0.2) is 0 Å². The third-order valence-electron chi connectivity index (χ3n) is 2.82. The molecule has 14 heavy (non-hydrogen) atoms. The van der Waals surface area contributed by atoms with Crippen LogP contribution in [0.3, 0.4) is 0 Å². The molecule has 82 valence electrons. The summed E-state index contributed by atoms with van der Waals surface area (Å²) in [5, 5.41) is 17.5. The molecule has 0 bridgehead atoms. The smallest absolute Gasteiger partial charge is 0.304 e. The molecule has 1 fully saturated rings. The van der Waals surface area contributed by atoms with Gasteiger partial charge >= 0.3 is 5.97 Å². The maximum absolute atomic E-state index is 10.4. The van der Waals surface area contributed by atoms with Gasteiger partial charge in [0.2, 0.25) is 0 Å². The lowest BCUT2D eigenvalue weighted by Crippen LogP contribution is -2.41. The normalized spacial score (nSPS) is 23.6. The first-order valence-electron chi connectivity index (χ1n) is 5.30. The van der Waals surface area contributed by atoms with Crippen LogP contribution in [-0.2, 0) is 4.79 Å². The highest BCUT2D eigenvalue weighted by atomic mass is 16.4. The number of hydrogen-bond acceptors (Lipinski definition) is 3. The highest BCUT2D eigenvalue weighted by Crippen LogP contribution is 2.19. The maximum atomic E-state index is 10.4. The summed E-state index contributed by atoms with van der Waals surface area (Å²) in [6.07, 6.45) is 4.44. The van der Waals surface area contributed by atoms with Crippen LogP contribution in [0.5, 0.6) is 0 Å². The second-order valence-corrected chi connectivity index (χ2v) is 3.84. The molecule has 0 saturated carbocycles. The van der Waals surface area contributed by atoms with Gasteiger partial charge in [0.25, 0.3) is 0 Å². The summed E-state index contributed by atoms with van der Waals surface area (Å²) in [5.74, 6) is -0.738. The zero-order chi connectivity index (χ0) is 10.4. The molecule has 0 aromatic heterocycles. The van der Waals surface area contributed by atoms with Gasteiger partial charge in [-0.1, -0.05) is 6.42 Å². The van der Waals surface area contributed by atoms with Crippen LogP contribution in [0, 0.1) is 0 Å². The number of likely N-dealkylation sites (tertiary alicyclic amines) is 1. The molecule has 1 atom stereocenters. The molecular formula is C10H19NO3. The first kappa shape index (κ1) is 11.5. The molecule has 4 heteroatoms. The molecule has 2 N–H and O–H groups in total. The van der Waals surface area contributed by atoms with Crippen molar-refractivity contribution < 1.29 is 15.0 Å². The summed E-state index contributed by atoms with van der Waals surface area (Å²) in [6.45, 7) is 1.81. The fourth-order valence-corrected chi connectivity index (χ4v) is 2.07. The number of carboxylic acids is 1. The number of carbonyl (C=O) groups is 1. The number of hydrogen-bond donors (Lipinski definition) is 2. The van der Waals surface area contributed by atoms with E-state index in [-0.39, 0.29) is 13.0 Å². The molecular weight excluding hydrogens is 182 g/mol. The Bertz CT molecular complexity index is 182. The van der Waals surface area contributed by atoms with Gasteiger partial charge in [-0.2, -0.15) is 0 Å². The van der Waals surface area contributed by atoms with Gasteiger partial charge in [-0.25, -0.2) is 0 Å². The average Bonchev–Trinajstić information content (AvgIpc) is 2.17. The SMILES string of the molecule is O=C(O)CCN1CCCC[C@@H]1CCO. The fourth-order valence-electron chi connectivity index (χ4n) is 2.07. The van der Waals surface area contributed by atoms with Gasteiger partial charge in [0.05, 0.1) is 6.42 Å². The van der Waals surface area contributed by atoms with Gasteiger partial charge in [0, 0.05) is 19.2 Å². The van der Waals surface area contributed by atoms with Gasteiger partial charge in [-0.05, 0) is 25.8 Å². The van der Waals surface area contributed by atoms with Crippen molar-refractivity contribution >= 4 is 5.97 Å². The second kappa shape index (κ2) is 5.98. The molecule has 0 unspecified atom stereocenters. The van der Waals surface area contributed by atoms with Crippen molar-refractivity contribution in [2.24, 2.45) is 0 Å². The van der Waals surface area contributed by atoms with E-state index >= 15 is 0 Å². The molecule has 4 nitrogen and oxygen atoms in total. The second-order valence-electron chi connectivity index (χ2n) is 3.84. The Hall–Kier alpha value is -0.610. The predicted octanol–water partition coefficient (Wildman–Crippen LogP) is 0.698. The lowest BCUT2D eigenvalue weighted by atomic mass is 9.99. The van der Waals surface area contributed by atoms with E-state index in [1.807, 2.05) is 0 Å². The van der Waals surface area contributed by atoms with E-state index in [9.17, 15) is 4.79 Å². The molecule has 1 saturated heterocycles. The molecule has 1 aliphatic heterocycles. The molecule has 1 aliphatic rings. The summed E-state index contributed by atoms with van der Waals surface area (Å²) in [7, 11) is 0. The molecule has 0 amide bonds. The molecule has 0 radical (unpaired) electrons. The average molecular weight is 201 g/mol. The lowest BCUT2D eigenvalue weighted by Gasteiger charge is -2.35. The third kappa shape index (κ3) is 3.64. The van der Waals surface area contributed by atoms with Crippen molar-refractivity contribution in [2.45, 2.75) is 38.1 Å². The van der Waals surface area contributed by atoms with Crippen LogP contribution < -0.4 is 0 Å². The molecule has 0 spiro atoms. The Morgan fingerprint density at radius 1 is 1.43 bits per heavy atom. The van der Waals surface area contributed by atoms with Crippen LogP contribution in [0.25, 0.3) is 0 Å². The summed E-state index contributed by atoms with van der Waals surface area (Å²) in [6, 6.07) is 0.396. The monoisotopic (exact) mass is 201 g/mol. The molecule has 1 rings (SSSR count). The minimum atomic E-state index is -0.738. The molecule has 0 aliphatic carbocycles. The number of aliphatic hydroxyl groups excluding tert-OH is 1. The van der Waals surface area contributed by atoms with Crippen LogP contribution in [-0.4, -0.2) is 46.8 Å². The van der Waals surface area contributed by atoms with E-state index in [0.717, 1.165) is 25.8 Å². The van der Waals surface area contributed by atoms with Crippen LogP contribution in [0.4, 0.5) is 0 Å². The van der Waals surface area contributed by atoms with Crippen molar-refractivity contribution in [3.8, 4) is 0 Å². The lowest BCUT2D eigenvalue weighted by molar-refractivity contribution is -0.137. The van der Waals surface area contributed by atoms with Gasteiger partial charge in [-0.15, -0.1) is 0 Å². The molecule has 0 aromatic rings. The largest absolute Gasteiger partial charge is 0.481 e. The highest BCUT2D eigenvalue weighted by molar-refractivity contribution is 5.66. The van der Waals surface area contributed by atoms with Crippen LogP contribution in [0.15, 0.2) is 0 Å². The summed E-state index contributed by atoms with van der Waals surface area (Å²) in [5.41, 5.74) is 0. The van der Waals surface area contributed by atoms with Gasteiger partial charge < -0.3 is 10.2 Å². The summed E-state index contributed by atoms with van der Waals surface area (Å²) >= 11 is 0. The first-order valence-corrected chi connectivity index (χ1v) is 5.30. The molecule has 1 heterocycles. The number of piperidine rings is 1. The van der Waals surface area contributed by atoms with Gasteiger partial charge in [-0.3, -0.25) is 9.69 Å². The van der Waals surface area contributed by atoms with Crippen molar-refractivity contribution in [3.63, 3.8) is 0 Å². The van der Waals surface area contributed by atoms with Crippen LogP contribution in [0.1, 0.15) is 32.1 Å². The number of nitrogens with zero attached hydrogens (tertiary/aromatic N) is 1. The van der Waals surface area contributed by atoms with E-state index in [4.69, 9.17) is 10.2 Å². The van der Waals surface area contributed by atoms with Crippen LogP contribution >= 0.6 is 0 Å². The van der Waals surface area contributed by atoms with E-state index in [2.05, 4.69) is 4.90 Å². The Labute approximate surface area is 84.5 Å². The van der Waals surface area contributed by atoms with Crippen molar-refractivity contribution in [3.05, 3.63) is 0 Å². The maximum Gasteiger partial charge on any atom is 0.304 e. The van der Waals surface area contributed by atoms with E-state index in [1.165, 1.54) is 6.42 Å². The Morgan fingerprint density at radius 2 is 2.21 bits per heavy atom. The number of aliphatic hydroxyl groups is 1. The Kier molecular flexibility index (Phi) is 4.90. The van der Waals surface area contributed by atoms with E-state index in [1.54, 1.807) is 0 Å². The minimum Gasteiger partial charge on any atom is -0.481 e. The van der Waals surface area contributed by atoms with Crippen molar-refractivity contribution in [2.75, 3.05) is 19.7 Å². The highest BCUT2D eigenvalue weighted by Gasteiger charge is 2.21. The van der Waals surface area contributed by atoms with Gasteiger partial charge in [0.1, 0.15) is 0 Å². The standard InChI is InChI=1S/C10H19NO3/c12-8-5-9-3-1-2-6-11(9)7-4-10(13)14/h9,12H,1-8H2,(H,13,14)/t9-/m1/s1. The van der Waals surface area contributed by atoms with E-state index in [0.29, 0.717) is 12.6 Å². The number of aliphatic carboxylic acids is 1. The summed E-state index contributed by atoms with van der Waals surface area (Å²) < 4.78 is 0. The van der Waals surface area contributed by atoms with Crippen molar-refractivity contribution in [1.29, 1.82) is 0 Å². The minimum absolute atomic E-state index is 0.203. The van der Waals surface area contributed by atoms with Crippen molar-refractivity contribution in [1.82, 2.24) is 4.90 Å². The van der Waals surface area contributed by atoms with E-state index < -0.39 is 5.97 Å². The number of rotatable bonds is 5. The fraction of sp³-hybridized carbons (Fsp3) is 0.900. The quantitative estimate of drug-likeness (QED) is 0.687.